The summed E-state index contributed by atoms with van der Waals surface area (Å²) in [5.74, 6) is -0.0868. The Labute approximate surface area is 93.8 Å². The highest BCUT2D eigenvalue weighted by molar-refractivity contribution is 5.85. The van der Waals surface area contributed by atoms with E-state index in [-0.39, 0.29) is 24.4 Å². The SMILES string of the molecule is COc1cccc(F)c1[C@@H](N)CCF.Cl. The van der Waals surface area contributed by atoms with Gasteiger partial charge in [-0.15, -0.1) is 12.4 Å². The molecule has 0 saturated carbocycles. The van der Waals surface area contributed by atoms with Crippen LogP contribution in [0.2, 0.25) is 0 Å². The number of ether oxygens (including phenoxy) is 1. The van der Waals surface area contributed by atoms with Crippen LogP contribution in [0.3, 0.4) is 0 Å². The number of nitrogens with two attached hydrogens (primary N) is 1. The first-order chi connectivity index (χ1) is 6.70. The lowest BCUT2D eigenvalue weighted by molar-refractivity contribution is 0.387. The quantitative estimate of drug-likeness (QED) is 0.874. The fourth-order valence-corrected chi connectivity index (χ4v) is 1.32. The number of rotatable bonds is 4. The molecule has 0 aliphatic carbocycles. The Hall–Kier alpha value is -0.870. The van der Waals surface area contributed by atoms with E-state index in [4.69, 9.17) is 10.5 Å². The van der Waals surface area contributed by atoms with E-state index in [1.165, 1.54) is 19.2 Å². The van der Waals surface area contributed by atoms with E-state index < -0.39 is 18.5 Å². The fourth-order valence-electron chi connectivity index (χ4n) is 1.32. The zero-order chi connectivity index (χ0) is 10.6. The van der Waals surface area contributed by atoms with E-state index in [1.807, 2.05) is 0 Å². The third-order valence-corrected chi connectivity index (χ3v) is 2.02. The van der Waals surface area contributed by atoms with Gasteiger partial charge in [0.2, 0.25) is 0 Å². The molecule has 86 valence electrons. The summed E-state index contributed by atoms with van der Waals surface area (Å²) in [4.78, 5) is 0. The first-order valence-electron chi connectivity index (χ1n) is 4.34. The van der Waals surface area contributed by atoms with Crippen LogP contribution < -0.4 is 10.5 Å². The van der Waals surface area contributed by atoms with Crippen LogP contribution in [-0.4, -0.2) is 13.8 Å². The van der Waals surface area contributed by atoms with Crippen LogP contribution in [0.1, 0.15) is 18.0 Å². The Morgan fingerprint density at radius 1 is 1.47 bits per heavy atom. The standard InChI is InChI=1S/C10H13F2NO.ClH/c1-14-9-4-2-3-7(12)10(9)8(13)5-6-11;/h2-4,8H,5-6,13H2,1H3;1H/t8-;/m0./s1. The molecule has 0 bridgehead atoms. The maximum atomic E-state index is 13.3. The molecule has 1 aromatic rings. The average Bonchev–Trinajstić information content (AvgIpc) is 2.17. The molecule has 1 rings (SSSR count). The van der Waals surface area contributed by atoms with Crippen molar-refractivity contribution < 1.29 is 13.5 Å². The lowest BCUT2D eigenvalue weighted by Crippen LogP contribution is -2.14. The molecular formula is C10H14ClF2NO. The molecule has 0 heterocycles. The van der Waals surface area contributed by atoms with Crippen LogP contribution in [0.5, 0.6) is 5.75 Å². The van der Waals surface area contributed by atoms with E-state index in [2.05, 4.69) is 0 Å². The van der Waals surface area contributed by atoms with Crippen molar-refractivity contribution in [2.45, 2.75) is 12.5 Å². The van der Waals surface area contributed by atoms with E-state index >= 15 is 0 Å². The topological polar surface area (TPSA) is 35.2 Å². The fraction of sp³-hybridized carbons (Fsp3) is 0.400. The van der Waals surface area contributed by atoms with E-state index in [0.29, 0.717) is 5.75 Å². The van der Waals surface area contributed by atoms with E-state index in [0.717, 1.165) is 0 Å². The molecule has 0 radical (unpaired) electrons. The Kier molecular flexibility index (Phi) is 6.20. The number of alkyl halides is 1. The van der Waals surface area contributed by atoms with Gasteiger partial charge in [-0.05, 0) is 18.6 Å². The molecule has 0 aliphatic rings. The molecule has 1 atom stereocenters. The number of methoxy groups -OCH3 is 1. The zero-order valence-corrected chi connectivity index (χ0v) is 9.19. The van der Waals surface area contributed by atoms with Crippen LogP contribution in [0, 0.1) is 5.82 Å². The predicted molar refractivity (Wildman–Crippen MR) is 57.7 cm³/mol. The molecule has 2 N–H and O–H groups in total. The summed E-state index contributed by atoms with van der Waals surface area (Å²) in [6, 6.07) is 3.77. The van der Waals surface area contributed by atoms with Crippen LogP contribution >= 0.6 is 12.4 Å². The lowest BCUT2D eigenvalue weighted by atomic mass is 10.0. The molecule has 5 heteroatoms. The third kappa shape index (κ3) is 3.32. The molecule has 0 saturated heterocycles. The molecule has 0 aliphatic heterocycles. The highest BCUT2D eigenvalue weighted by Crippen LogP contribution is 2.28. The normalized spacial score (nSPS) is 11.7. The van der Waals surface area contributed by atoms with E-state index in [1.54, 1.807) is 6.07 Å². The third-order valence-electron chi connectivity index (χ3n) is 2.02. The largest absolute Gasteiger partial charge is 0.496 e. The molecule has 0 aromatic heterocycles. The van der Waals surface area contributed by atoms with Crippen molar-refractivity contribution in [3.63, 3.8) is 0 Å². The van der Waals surface area contributed by atoms with Gasteiger partial charge in [0.25, 0.3) is 0 Å². The Morgan fingerprint density at radius 2 is 2.13 bits per heavy atom. The van der Waals surface area contributed by atoms with Gasteiger partial charge in [-0.1, -0.05) is 6.07 Å². The van der Waals surface area contributed by atoms with Crippen molar-refractivity contribution in [2.75, 3.05) is 13.8 Å². The average molecular weight is 238 g/mol. The first-order valence-corrected chi connectivity index (χ1v) is 4.34. The van der Waals surface area contributed by atoms with Gasteiger partial charge in [-0.3, -0.25) is 4.39 Å². The second-order valence-electron chi connectivity index (χ2n) is 2.94. The predicted octanol–water partition coefficient (Wildman–Crippen LogP) is 2.62. The van der Waals surface area contributed by atoms with Crippen molar-refractivity contribution in [2.24, 2.45) is 5.73 Å². The van der Waals surface area contributed by atoms with Crippen molar-refractivity contribution in [1.82, 2.24) is 0 Å². The summed E-state index contributed by atoms with van der Waals surface area (Å²) in [5, 5.41) is 0. The van der Waals surface area contributed by atoms with Gasteiger partial charge in [-0.25, -0.2) is 4.39 Å². The van der Waals surface area contributed by atoms with Crippen LogP contribution in [0.25, 0.3) is 0 Å². The van der Waals surface area contributed by atoms with Gasteiger partial charge >= 0.3 is 0 Å². The van der Waals surface area contributed by atoms with Crippen molar-refractivity contribution >= 4 is 12.4 Å². The molecule has 2 nitrogen and oxygen atoms in total. The van der Waals surface area contributed by atoms with E-state index in [9.17, 15) is 8.78 Å². The Bertz CT molecular complexity index is 309. The van der Waals surface area contributed by atoms with Crippen LogP contribution in [-0.2, 0) is 0 Å². The summed E-state index contributed by atoms with van der Waals surface area (Å²) in [6.07, 6.45) is 0.0945. The van der Waals surface area contributed by atoms with Crippen molar-refractivity contribution in [3.05, 3.63) is 29.6 Å². The minimum Gasteiger partial charge on any atom is -0.496 e. The monoisotopic (exact) mass is 237 g/mol. The van der Waals surface area contributed by atoms with Gasteiger partial charge in [0, 0.05) is 11.6 Å². The van der Waals surface area contributed by atoms with Crippen molar-refractivity contribution in [3.8, 4) is 5.75 Å². The summed E-state index contributed by atoms with van der Waals surface area (Å²) in [5.41, 5.74) is 5.87. The van der Waals surface area contributed by atoms with Gasteiger partial charge < -0.3 is 10.5 Å². The van der Waals surface area contributed by atoms with Crippen molar-refractivity contribution in [1.29, 1.82) is 0 Å². The second-order valence-corrected chi connectivity index (χ2v) is 2.94. The molecule has 0 amide bonds. The van der Waals surface area contributed by atoms with Gasteiger partial charge in [0.1, 0.15) is 11.6 Å². The molecule has 15 heavy (non-hydrogen) atoms. The summed E-state index contributed by atoms with van der Waals surface area (Å²) >= 11 is 0. The maximum Gasteiger partial charge on any atom is 0.131 e. The van der Waals surface area contributed by atoms with Crippen LogP contribution in [0.4, 0.5) is 8.78 Å². The Balaban J connectivity index is 0.00000196. The first kappa shape index (κ1) is 14.1. The number of halogens is 3. The highest BCUT2D eigenvalue weighted by Gasteiger charge is 2.16. The molecule has 1 aromatic carbocycles. The number of hydrogen-bond donors (Lipinski definition) is 1. The Morgan fingerprint density at radius 3 is 2.67 bits per heavy atom. The zero-order valence-electron chi connectivity index (χ0n) is 8.37. The molecule has 0 spiro atoms. The van der Waals surface area contributed by atoms with Gasteiger partial charge in [0.05, 0.1) is 13.8 Å². The van der Waals surface area contributed by atoms with Crippen LogP contribution in [0.15, 0.2) is 18.2 Å². The highest BCUT2D eigenvalue weighted by atomic mass is 35.5. The molecule has 0 fully saturated rings. The summed E-state index contributed by atoms with van der Waals surface area (Å²) < 4.78 is 30.3. The number of hydrogen-bond acceptors (Lipinski definition) is 2. The lowest BCUT2D eigenvalue weighted by Gasteiger charge is -2.14. The summed E-state index contributed by atoms with van der Waals surface area (Å²) in [7, 11) is 1.43. The molecule has 0 unspecified atom stereocenters. The minimum absolute atomic E-state index is 0. The summed E-state index contributed by atoms with van der Waals surface area (Å²) in [6.45, 7) is -0.571. The maximum absolute atomic E-state index is 13.3. The number of benzene rings is 1. The second kappa shape index (κ2) is 6.58. The molecular weight excluding hydrogens is 224 g/mol. The smallest absolute Gasteiger partial charge is 0.131 e. The van der Waals surface area contributed by atoms with Gasteiger partial charge in [-0.2, -0.15) is 0 Å². The van der Waals surface area contributed by atoms with Gasteiger partial charge in [0.15, 0.2) is 0 Å². The minimum atomic E-state index is -0.656.